The molecule has 1 atom stereocenters. The quantitative estimate of drug-likeness (QED) is 0.394. The second-order valence-electron chi connectivity index (χ2n) is 6.92. The van der Waals surface area contributed by atoms with Crippen molar-refractivity contribution in [3.8, 4) is 11.3 Å². The van der Waals surface area contributed by atoms with Crippen molar-refractivity contribution in [2.24, 2.45) is 12.1 Å². The molecule has 1 fully saturated rings. The third kappa shape index (κ3) is 3.93. The van der Waals surface area contributed by atoms with Crippen LogP contribution in [0, 0.1) is 0 Å². The molecule has 6 heteroatoms. The number of thiocarbonyl (C=S) groups is 1. The number of ether oxygens (including phenoxy) is 1. The molecule has 2 N–H and O–H groups in total. The number of fused-ring (bicyclic) bond motifs is 1. The highest BCUT2D eigenvalue weighted by atomic mass is 32.1. The van der Waals surface area contributed by atoms with E-state index in [4.69, 9.17) is 17.0 Å². The van der Waals surface area contributed by atoms with Gasteiger partial charge in [0.25, 0.3) is 0 Å². The van der Waals surface area contributed by atoms with E-state index in [1.807, 2.05) is 12.3 Å². The summed E-state index contributed by atoms with van der Waals surface area (Å²) in [4.78, 5) is 0. The number of benzene rings is 2. The Morgan fingerprint density at radius 2 is 2.00 bits per heavy atom. The Hall–Kier alpha value is -2.70. The predicted octanol–water partition coefficient (Wildman–Crippen LogP) is 3.82. The molecule has 4 rings (SSSR count). The number of nitrogens with one attached hydrogen (secondary N) is 2. The highest BCUT2D eigenvalue weighted by Gasteiger charge is 2.16. The smallest absolute Gasteiger partial charge is 0.187 e. The van der Waals surface area contributed by atoms with Crippen LogP contribution in [0.4, 0.5) is 0 Å². The van der Waals surface area contributed by atoms with Crippen molar-refractivity contribution in [2.75, 3.05) is 13.2 Å². The van der Waals surface area contributed by atoms with Crippen molar-refractivity contribution in [2.45, 2.75) is 18.9 Å². The standard InChI is InChI=1S/C22H24N4OS/c1-26-20-12-6-5-11-18(20)19(21(26)16-8-3-2-4-9-16)15-24-25-22(28)23-14-17-10-7-13-27-17/h2-6,8-9,11-12,15,17H,7,10,13-14H2,1H3,(H2,23,25,28)/b24-15-/t17-/m0/s1. The molecule has 0 aliphatic carbocycles. The molecular formula is C22H24N4OS. The second kappa shape index (κ2) is 8.54. The van der Waals surface area contributed by atoms with Crippen molar-refractivity contribution >= 4 is 34.4 Å². The Balaban J connectivity index is 1.55. The molecule has 28 heavy (non-hydrogen) atoms. The minimum atomic E-state index is 0.242. The van der Waals surface area contributed by atoms with Crippen molar-refractivity contribution in [1.82, 2.24) is 15.3 Å². The number of nitrogens with zero attached hydrogens (tertiary/aromatic N) is 2. The maximum atomic E-state index is 5.60. The lowest BCUT2D eigenvalue weighted by Gasteiger charge is -2.11. The van der Waals surface area contributed by atoms with Crippen molar-refractivity contribution in [3.63, 3.8) is 0 Å². The molecular weight excluding hydrogens is 368 g/mol. The van der Waals surface area contributed by atoms with Gasteiger partial charge in [-0.2, -0.15) is 5.10 Å². The zero-order chi connectivity index (χ0) is 19.3. The van der Waals surface area contributed by atoms with Gasteiger partial charge in [-0.05, 0) is 36.7 Å². The highest BCUT2D eigenvalue weighted by molar-refractivity contribution is 7.80. The lowest BCUT2D eigenvalue weighted by Crippen LogP contribution is -2.37. The molecule has 2 heterocycles. The van der Waals surface area contributed by atoms with Gasteiger partial charge in [0.2, 0.25) is 0 Å². The summed E-state index contributed by atoms with van der Waals surface area (Å²) in [6.07, 6.45) is 4.29. The first-order valence-electron chi connectivity index (χ1n) is 9.55. The first-order chi connectivity index (χ1) is 13.7. The van der Waals surface area contributed by atoms with E-state index >= 15 is 0 Å². The Labute approximate surface area is 170 Å². The number of hydrazone groups is 1. The van der Waals surface area contributed by atoms with Gasteiger partial charge in [0, 0.05) is 36.7 Å². The first-order valence-corrected chi connectivity index (χ1v) is 9.96. The average Bonchev–Trinajstić information content (AvgIpc) is 3.34. The van der Waals surface area contributed by atoms with Crippen LogP contribution in [0.3, 0.4) is 0 Å². The largest absolute Gasteiger partial charge is 0.376 e. The van der Waals surface area contributed by atoms with Gasteiger partial charge in [-0.3, -0.25) is 5.43 Å². The number of rotatable bonds is 5. The van der Waals surface area contributed by atoms with Gasteiger partial charge < -0.3 is 14.6 Å². The number of hydrogen-bond acceptors (Lipinski definition) is 3. The Morgan fingerprint density at radius 1 is 1.21 bits per heavy atom. The summed E-state index contributed by atoms with van der Waals surface area (Å²) < 4.78 is 7.81. The van der Waals surface area contributed by atoms with Crippen LogP contribution in [0.25, 0.3) is 22.2 Å². The van der Waals surface area contributed by atoms with Gasteiger partial charge in [0.05, 0.1) is 18.0 Å². The van der Waals surface area contributed by atoms with E-state index < -0.39 is 0 Å². The summed E-state index contributed by atoms with van der Waals surface area (Å²) >= 11 is 5.33. The summed E-state index contributed by atoms with van der Waals surface area (Å²) in [6.45, 7) is 1.55. The van der Waals surface area contributed by atoms with E-state index in [1.54, 1.807) is 0 Å². The van der Waals surface area contributed by atoms with Crippen LogP contribution >= 0.6 is 12.2 Å². The topological polar surface area (TPSA) is 50.6 Å². The zero-order valence-electron chi connectivity index (χ0n) is 15.9. The third-order valence-electron chi connectivity index (χ3n) is 5.07. The van der Waals surface area contributed by atoms with Gasteiger partial charge in [0.15, 0.2) is 5.11 Å². The number of hydrogen-bond donors (Lipinski definition) is 2. The van der Waals surface area contributed by atoms with E-state index in [0.717, 1.165) is 41.7 Å². The molecule has 3 aromatic rings. The highest BCUT2D eigenvalue weighted by Crippen LogP contribution is 2.31. The van der Waals surface area contributed by atoms with Crippen molar-refractivity contribution < 1.29 is 4.74 Å². The normalized spacial score (nSPS) is 16.7. The van der Waals surface area contributed by atoms with E-state index in [2.05, 4.69) is 76.0 Å². The zero-order valence-corrected chi connectivity index (χ0v) is 16.7. The fraction of sp³-hybridized carbons (Fsp3) is 0.273. The van der Waals surface area contributed by atoms with Gasteiger partial charge in [0.1, 0.15) is 0 Å². The second-order valence-corrected chi connectivity index (χ2v) is 7.33. The summed E-state index contributed by atoms with van der Waals surface area (Å²) in [7, 11) is 2.09. The monoisotopic (exact) mass is 392 g/mol. The summed E-state index contributed by atoms with van der Waals surface area (Å²) in [5.74, 6) is 0. The molecule has 5 nitrogen and oxygen atoms in total. The van der Waals surface area contributed by atoms with Crippen LogP contribution in [0.2, 0.25) is 0 Å². The van der Waals surface area contributed by atoms with E-state index in [1.165, 1.54) is 5.52 Å². The Bertz CT molecular complexity index is 990. The molecule has 1 aliphatic heterocycles. The van der Waals surface area contributed by atoms with Gasteiger partial charge in [-0.25, -0.2) is 0 Å². The number of aryl methyl sites for hydroxylation is 1. The molecule has 1 aromatic heterocycles. The fourth-order valence-corrected chi connectivity index (χ4v) is 3.84. The van der Waals surface area contributed by atoms with Crippen LogP contribution in [0.15, 0.2) is 59.7 Å². The van der Waals surface area contributed by atoms with Gasteiger partial charge >= 0.3 is 0 Å². The molecule has 0 spiro atoms. The maximum Gasteiger partial charge on any atom is 0.187 e. The maximum absolute atomic E-state index is 5.60. The molecule has 0 saturated carbocycles. The van der Waals surface area contributed by atoms with Crippen LogP contribution < -0.4 is 10.7 Å². The molecule has 0 unspecified atom stereocenters. The molecule has 2 aromatic carbocycles. The van der Waals surface area contributed by atoms with Crippen LogP contribution in [-0.2, 0) is 11.8 Å². The number of aromatic nitrogens is 1. The van der Waals surface area contributed by atoms with E-state index in [0.29, 0.717) is 11.7 Å². The van der Waals surface area contributed by atoms with Crippen molar-refractivity contribution in [3.05, 3.63) is 60.2 Å². The Kier molecular flexibility index (Phi) is 5.69. The average molecular weight is 393 g/mol. The fourth-order valence-electron chi connectivity index (χ4n) is 3.71. The molecule has 1 saturated heterocycles. The molecule has 144 valence electrons. The molecule has 0 amide bonds. The lowest BCUT2D eigenvalue weighted by atomic mass is 10.1. The van der Waals surface area contributed by atoms with E-state index in [-0.39, 0.29) is 6.10 Å². The third-order valence-corrected chi connectivity index (χ3v) is 5.30. The lowest BCUT2D eigenvalue weighted by molar-refractivity contribution is 0.114. The summed E-state index contributed by atoms with van der Waals surface area (Å²) in [5.41, 5.74) is 7.45. The van der Waals surface area contributed by atoms with Crippen LogP contribution in [0.5, 0.6) is 0 Å². The molecule has 0 bridgehead atoms. The van der Waals surface area contributed by atoms with Gasteiger partial charge in [-0.15, -0.1) is 0 Å². The summed E-state index contributed by atoms with van der Waals surface area (Å²) in [5, 5.41) is 9.25. The summed E-state index contributed by atoms with van der Waals surface area (Å²) in [6, 6.07) is 18.7. The molecule has 0 radical (unpaired) electrons. The predicted molar refractivity (Wildman–Crippen MR) is 119 cm³/mol. The number of para-hydroxylation sites is 1. The van der Waals surface area contributed by atoms with E-state index in [9.17, 15) is 0 Å². The minimum absolute atomic E-state index is 0.242. The van der Waals surface area contributed by atoms with Crippen LogP contribution in [-0.4, -0.2) is 35.1 Å². The SMILES string of the molecule is Cn1c(-c2ccccc2)c(/C=N\NC(=S)NC[C@@H]2CCCO2)c2ccccc21. The minimum Gasteiger partial charge on any atom is -0.376 e. The van der Waals surface area contributed by atoms with Gasteiger partial charge in [-0.1, -0.05) is 48.5 Å². The van der Waals surface area contributed by atoms with Crippen molar-refractivity contribution in [1.29, 1.82) is 0 Å². The molecule has 1 aliphatic rings. The Morgan fingerprint density at radius 3 is 2.79 bits per heavy atom. The van der Waals surface area contributed by atoms with Crippen LogP contribution in [0.1, 0.15) is 18.4 Å². The first kappa shape index (κ1) is 18.7.